The van der Waals surface area contributed by atoms with Crippen LogP contribution in [0, 0.1) is 6.92 Å². The van der Waals surface area contributed by atoms with Crippen molar-refractivity contribution < 1.29 is 18.9 Å². The first-order valence-electron chi connectivity index (χ1n) is 7.86. The number of carbonyl (C=O) groups excluding carboxylic acids is 2. The van der Waals surface area contributed by atoms with Crippen LogP contribution in [0.3, 0.4) is 0 Å². The van der Waals surface area contributed by atoms with Gasteiger partial charge in [-0.05, 0) is 24.6 Å². The standard InChI is InChI=1S/C16H19ClN4O3/c1-10-2-3-11(8-12(10)17)18-15(23)13-9-14(22)20-16(19-13)21-4-6-24-7-5-21/h2-3,8,13H,4-7,9H2,1H3,(H2,18,19,20,22,23)/p+1. The molecule has 7 nitrogen and oxygen atoms in total. The zero-order valence-corrected chi connectivity index (χ0v) is 14.2. The second kappa shape index (κ2) is 7.19. The minimum Gasteiger partial charge on any atom is -0.375 e. The monoisotopic (exact) mass is 351 g/mol. The summed E-state index contributed by atoms with van der Waals surface area (Å²) in [6.07, 6.45) is 0.0826. The summed E-state index contributed by atoms with van der Waals surface area (Å²) in [5, 5.41) is 9.28. The highest BCUT2D eigenvalue weighted by Gasteiger charge is 2.35. The molecule has 8 heteroatoms. The summed E-state index contributed by atoms with van der Waals surface area (Å²) in [4.78, 5) is 24.4. The van der Waals surface area contributed by atoms with E-state index < -0.39 is 6.04 Å². The highest BCUT2D eigenvalue weighted by molar-refractivity contribution is 6.31. The Morgan fingerprint density at radius 2 is 2.12 bits per heavy atom. The molecule has 1 atom stereocenters. The maximum Gasteiger partial charge on any atom is 0.353 e. The van der Waals surface area contributed by atoms with Crippen molar-refractivity contribution in [3.05, 3.63) is 28.8 Å². The second-order valence-electron chi connectivity index (χ2n) is 5.85. The van der Waals surface area contributed by atoms with Gasteiger partial charge in [-0.3, -0.25) is 19.5 Å². The van der Waals surface area contributed by atoms with Crippen LogP contribution in [-0.4, -0.2) is 54.7 Å². The number of nitrogens with zero attached hydrogens (tertiary/aromatic N) is 1. The Morgan fingerprint density at radius 1 is 1.38 bits per heavy atom. The summed E-state index contributed by atoms with van der Waals surface area (Å²) in [5.41, 5.74) is 1.55. The number of rotatable bonds is 2. The van der Waals surface area contributed by atoms with Crippen LogP contribution in [0.4, 0.5) is 5.69 Å². The molecule has 0 bridgehead atoms. The zero-order valence-electron chi connectivity index (χ0n) is 13.4. The van der Waals surface area contributed by atoms with Gasteiger partial charge in [0.25, 0.3) is 11.8 Å². The molecule has 2 amide bonds. The van der Waals surface area contributed by atoms with Crippen molar-refractivity contribution in [3.8, 4) is 0 Å². The van der Waals surface area contributed by atoms with Crippen molar-refractivity contribution >= 4 is 35.1 Å². The molecule has 2 fully saturated rings. The van der Waals surface area contributed by atoms with Gasteiger partial charge in [0.2, 0.25) is 0 Å². The summed E-state index contributed by atoms with van der Waals surface area (Å²) < 4.78 is 7.28. The molecule has 2 aliphatic rings. The van der Waals surface area contributed by atoms with Crippen molar-refractivity contribution in [1.29, 1.82) is 0 Å². The van der Waals surface area contributed by atoms with Crippen molar-refractivity contribution in [2.75, 3.05) is 31.6 Å². The first-order chi connectivity index (χ1) is 11.5. The first-order valence-corrected chi connectivity index (χ1v) is 8.24. The first kappa shape index (κ1) is 16.7. The summed E-state index contributed by atoms with van der Waals surface area (Å²) in [6.45, 7) is 4.43. The van der Waals surface area contributed by atoms with Crippen molar-refractivity contribution in [2.24, 2.45) is 0 Å². The number of benzene rings is 1. The number of nitrogens with one attached hydrogen (secondary N) is 3. The van der Waals surface area contributed by atoms with Gasteiger partial charge in [-0.1, -0.05) is 17.7 Å². The Bertz CT molecular complexity index is 697. The van der Waals surface area contributed by atoms with Gasteiger partial charge in [-0.15, -0.1) is 0 Å². The molecular formula is C16H20ClN4O3+. The van der Waals surface area contributed by atoms with E-state index in [4.69, 9.17) is 16.3 Å². The molecule has 0 radical (unpaired) electrons. The van der Waals surface area contributed by atoms with Crippen molar-refractivity contribution in [3.63, 3.8) is 0 Å². The molecule has 2 saturated heterocycles. The molecule has 0 aliphatic carbocycles. The molecule has 0 aromatic heterocycles. The molecule has 2 heterocycles. The van der Waals surface area contributed by atoms with Crippen LogP contribution in [0.1, 0.15) is 12.0 Å². The quantitative estimate of drug-likeness (QED) is 0.676. The predicted octanol–water partition coefficient (Wildman–Crippen LogP) is 0.464. The fraction of sp³-hybridized carbons (Fsp3) is 0.438. The van der Waals surface area contributed by atoms with E-state index in [1.165, 1.54) is 0 Å². The highest BCUT2D eigenvalue weighted by atomic mass is 35.5. The number of anilines is 1. The molecule has 2 aliphatic heterocycles. The van der Waals surface area contributed by atoms with Gasteiger partial charge < -0.3 is 10.1 Å². The third-order valence-corrected chi connectivity index (χ3v) is 4.45. The minimum atomic E-state index is -0.628. The number of ether oxygens (including phenoxy) is 1. The van der Waals surface area contributed by atoms with E-state index in [1.54, 1.807) is 12.1 Å². The maximum atomic E-state index is 12.5. The van der Waals surface area contributed by atoms with Crippen LogP contribution in [0.2, 0.25) is 5.02 Å². The summed E-state index contributed by atoms with van der Waals surface area (Å²) in [5.74, 6) is 0.115. The van der Waals surface area contributed by atoms with E-state index in [1.807, 2.05) is 17.6 Å². The third-order valence-electron chi connectivity index (χ3n) is 4.04. The van der Waals surface area contributed by atoms with Gasteiger partial charge in [0.15, 0.2) is 6.04 Å². The lowest BCUT2D eigenvalue weighted by Gasteiger charge is -2.24. The number of hydrogen-bond acceptors (Lipinski definition) is 3. The fourth-order valence-corrected chi connectivity index (χ4v) is 2.82. The Morgan fingerprint density at radius 3 is 2.83 bits per heavy atom. The number of aryl methyl sites for hydroxylation is 1. The van der Waals surface area contributed by atoms with E-state index in [-0.39, 0.29) is 18.2 Å². The van der Waals surface area contributed by atoms with Crippen LogP contribution in [0.25, 0.3) is 0 Å². The van der Waals surface area contributed by atoms with Gasteiger partial charge in [-0.25, -0.2) is 5.32 Å². The van der Waals surface area contributed by atoms with Crippen molar-refractivity contribution in [1.82, 2.24) is 10.6 Å². The number of hydrogen-bond donors (Lipinski definition) is 3. The smallest absolute Gasteiger partial charge is 0.353 e. The SMILES string of the molecule is Cc1ccc(NC(=O)C2CC(=O)NC(=[N+]3CCOCC3)N2)cc1Cl. The topological polar surface area (TPSA) is 82.5 Å². The number of carbonyl (C=O) groups is 2. The van der Waals surface area contributed by atoms with Gasteiger partial charge >= 0.3 is 5.96 Å². The average molecular weight is 352 g/mol. The van der Waals surface area contributed by atoms with E-state index in [0.717, 1.165) is 5.56 Å². The number of halogens is 1. The Kier molecular flexibility index (Phi) is 5.01. The molecule has 3 N–H and O–H groups in total. The lowest BCUT2D eigenvalue weighted by molar-refractivity contribution is -0.552. The second-order valence-corrected chi connectivity index (χ2v) is 6.26. The largest absolute Gasteiger partial charge is 0.375 e. The van der Waals surface area contributed by atoms with Crippen LogP contribution in [0.5, 0.6) is 0 Å². The molecular weight excluding hydrogens is 332 g/mol. The van der Waals surface area contributed by atoms with E-state index in [0.29, 0.717) is 43.0 Å². The molecule has 1 unspecified atom stereocenters. The van der Waals surface area contributed by atoms with E-state index in [2.05, 4.69) is 16.0 Å². The molecule has 24 heavy (non-hydrogen) atoms. The molecule has 1 aromatic carbocycles. The van der Waals surface area contributed by atoms with Crippen LogP contribution >= 0.6 is 11.6 Å². The lowest BCUT2D eigenvalue weighted by atomic mass is 10.1. The number of guanidine groups is 1. The fourth-order valence-electron chi connectivity index (χ4n) is 2.64. The summed E-state index contributed by atoms with van der Waals surface area (Å²) >= 11 is 6.08. The summed E-state index contributed by atoms with van der Waals surface area (Å²) in [6, 6.07) is 4.69. The molecule has 3 rings (SSSR count). The molecule has 128 valence electrons. The van der Waals surface area contributed by atoms with Gasteiger partial charge in [0.1, 0.15) is 0 Å². The third kappa shape index (κ3) is 3.85. The van der Waals surface area contributed by atoms with Crippen LogP contribution < -0.4 is 16.0 Å². The normalized spacial score (nSPS) is 21.1. The average Bonchev–Trinajstić information content (AvgIpc) is 2.58. The lowest BCUT2D eigenvalue weighted by Crippen LogP contribution is -2.61. The van der Waals surface area contributed by atoms with Gasteiger partial charge in [-0.2, -0.15) is 0 Å². The Balaban J connectivity index is 1.71. The van der Waals surface area contributed by atoms with Crippen LogP contribution in [0.15, 0.2) is 18.2 Å². The number of morpholine rings is 1. The van der Waals surface area contributed by atoms with E-state index >= 15 is 0 Å². The Labute approximate surface area is 145 Å². The Hall–Kier alpha value is -2.12. The molecule has 0 spiro atoms. The molecule has 1 aromatic rings. The zero-order chi connectivity index (χ0) is 17.1. The number of amides is 2. The van der Waals surface area contributed by atoms with Gasteiger partial charge in [0.05, 0.1) is 32.7 Å². The minimum absolute atomic E-state index is 0.0826. The molecule has 0 saturated carbocycles. The van der Waals surface area contributed by atoms with Gasteiger partial charge in [0, 0.05) is 10.7 Å². The predicted molar refractivity (Wildman–Crippen MR) is 90.3 cm³/mol. The highest BCUT2D eigenvalue weighted by Crippen LogP contribution is 2.20. The maximum absolute atomic E-state index is 12.5. The summed E-state index contributed by atoms with van der Waals surface area (Å²) in [7, 11) is 0. The van der Waals surface area contributed by atoms with Crippen LogP contribution in [-0.2, 0) is 14.3 Å². The van der Waals surface area contributed by atoms with Crippen molar-refractivity contribution in [2.45, 2.75) is 19.4 Å². The van der Waals surface area contributed by atoms with E-state index in [9.17, 15) is 9.59 Å².